The predicted octanol–water partition coefficient (Wildman–Crippen LogP) is 1.46. The SMILES string of the molecule is NC(=O)[C@@H]1[C@H]2C[C@H]2CN1C(=O)c1sccc1Br. The summed E-state index contributed by atoms with van der Waals surface area (Å²) in [4.78, 5) is 26.0. The Morgan fingerprint density at radius 2 is 2.29 bits per heavy atom. The van der Waals surface area contributed by atoms with Crippen LogP contribution in [0.5, 0.6) is 0 Å². The molecule has 2 heterocycles. The maximum atomic E-state index is 12.3. The molecule has 1 aromatic rings. The summed E-state index contributed by atoms with van der Waals surface area (Å²) in [6, 6.07) is 1.44. The number of hydrogen-bond donors (Lipinski definition) is 1. The summed E-state index contributed by atoms with van der Waals surface area (Å²) < 4.78 is 0.788. The van der Waals surface area contributed by atoms with Gasteiger partial charge < -0.3 is 10.6 Å². The van der Waals surface area contributed by atoms with Crippen molar-refractivity contribution >= 4 is 39.1 Å². The minimum Gasteiger partial charge on any atom is -0.368 e. The fourth-order valence-electron chi connectivity index (χ4n) is 2.62. The lowest BCUT2D eigenvalue weighted by Gasteiger charge is -2.24. The highest BCUT2D eigenvalue weighted by atomic mass is 79.9. The van der Waals surface area contributed by atoms with Crippen LogP contribution in [0.15, 0.2) is 15.9 Å². The molecule has 0 unspecified atom stereocenters. The van der Waals surface area contributed by atoms with Crippen LogP contribution in [0.2, 0.25) is 0 Å². The summed E-state index contributed by atoms with van der Waals surface area (Å²) in [6.07, 6.45) is 1.03. The van der Waals surface area contributed by atoms with Crippen LogP contribution in [-0.4, -0.2) is 29.3 Å². The van der Waals surface area contributed by atoms with Crippen LogP contribution in [0.4, 0.5) is 0 Å². The first-order chi connectivity index (χ1) is 8.09. The zero-order chi connectivity index (χ0) is 12.2. The van der Waals surface area contributed by atoms with E-state index in [1.165, 1.54) is 11.3 Å². The van der Waals surface area contributed by atoms with Gasteiger partial charge in [-0.05, 0) is 45.6 Å². The molecule has 4 nitrogen and oxygen atoms in total. The van der Waals surface area contributed by atoms with Gasteiger partial charge >= 0.3 is 0 Å². The van der Waals surface area contributed by atoms with Crippen LogP contribution in [0.25, 0.3) is 0 Å². The summed E-state index contributed by atoms with van der Waals surface area (Å²) in [6.45, 7) is 0.668. The van der Waals surface area contributed by atoms with E-state index in [9.17, 15) is 9.59 Å². The van der Waals surface area contributed by atoms with Crippen molar-refractivity contribution in [1.82, 2.24) is 4.90 Å². The molecule has 0 aromatic carbocycles. The Morgan fingerprint density at radius 1 is 1.53 bits per heavy atom. The van der Waals surface area contributed by atoms with Gasteiger partial charge in [0.15, 0.2) is 0 Å². The molecule has 90 valence electrons. The molecule has 1 aliphatic carbocycles. The van der Waals surface area contributed by atoms with Crippen molar-refractivity contribution in [3.8, 4) is 0 Å². The fraction of sp³-hybridized carbons (Fsp3) is 0.455. The molecular formula is C11H11BrN2O2S. The van der Waals surface area contributed by atoms with Crippen LogP contribution < -0.4 is 5.73 Å². The zero-order valence-corrected chi connectivity index (χ0v) is 11.3. The molecule has 1 saturated heterocycles. The number of likely N-dealkylation sites (tertiary alicyclic amines) is 1. The second kappa shape index (κ2) is 3.81. The van der Waals surface area contributed by atoms with E-state index in [-0.39, 0.29) is 11.8 Å². The monoisotopic (exact) mass is 314 g/mol. The van der Waals surface area contributed by atoms with Crippen molar-refractivity contribution in [1.29, 1.82) is 0 Å². The molecule has 17 heavy (non-hydrogen) atoms. The summed E-state index contributed by atoms with van der Waals surface area (Å²) >= 11 is 4.73. The summed E-state index contributed by atoms with van der Waals surface area (Å²) in [7, 11) is 0. The smallest absolute Gasteiger partial charge is 0.265 e. The van der Waals surface area contributed by atoms with E-state index in [1.54, 1.807) is 4.90 Å². The minimum absolute atomic E-state index is 0.0807. The number of hydrogen-bond acceptors (Lipinski definition) is 3. The van der Waals surface area contributed by atoms with Crippen LogP contribution in [0, 0.1) is 11.8 Å². The third-order valence-corrected chi connectivity index (χ3v) is 5.34. The van der Waals surface area contributed by atoms with Crippen molar-refractivity contribution in [2.24, 2.45) is 17.6 Å². The lowest BCUT2D eigenvalue weighted by Crippen LogP contribution is -2.46. The lowest BCUT2D eigenvalue weighted by molar-refractivity contribution is -0.122. The van der Waals surface area contributed by atoms with Crippen molar-refractivity contribution < 1.29 is 9.59 Å². The highest BCUT2D eigenvalue weighted by Crippen LogP contribution is 2.50. The number of nitrogens with zero attached hydrogens (tertiary/aromatic N) is 1. The van der Waals surface area contributed by atoms with Crippen molar-refractivity contribution in [3.05, 3.63) is 20.8 Å². The standard InChI is InChI=1S/C11H11BrN2O2S/c12-7-1-2-17-9(7)11(16)14-4-5-3-6(5)8(14)10(13)15/h1-2,5-6,8H,3-4H2,(H2,13,15)/t5-,6-,8-/m0/s1. The molecule has 3 atom stereocenters. The molecule has 2 aliphatic rings. The number of piperidine rings is 1. The highest BCUT2D eigenvalue weighted by Gasteiger charge is 2.56. The molecule has 2 amide bonds. The second-order valence-electron chi connectivity index (χ2n) is 4.56. The molecule has 6 heteroatoms. The van der Waals surface area contributed by atoms with E-state index >= 15 is 0 Å². The van der Waals surface area contributed by atoms with Crippen molar-refractivity contribution in [2.75, 3.05) is 6.54 Å². The molecule has 0 spiro atoms. The Morgan fingerprint density at radius 3 is 2.88 bits per heavy atom. The van der Waals surface area contributed by atoms with Gasteiger partial charge in [-0.15, -0.1) is 11.3 Å². The zero-order valence-electron chi connectivity index (χ0n) is 8.93. The predicted molar refractivity (Wildman–Crippen MR) is 67.6 cm³/mol. The Labute approximate surface area is 111 Å². The Bertz CT molecular complexity index is 501. The largest absolute Gasteiger partial charge is 0.368 e. The molecule has 1 saturated carbocycles. The summed E-state index contributed by atoms with van der Waals surface area (Å²) in [5.41, 5.74) is 5.39. The third kappa shape index (κ3) is 1.70. The summed E-state index contributed by atoms with van der Waals surface area (Å²) in [5, 5.41) is 1.85. The van der Waals surface area contributed by atoms with Crippen molar-refractivity contribution in [2.45, 2.75) is 12.5 Å². The molecule has 2 N–H and O–H groups in total. The van der Waals surface area contributed by atoms with Gasteiger partial charge in [0, 0.05) is 11.0 Å². The summed E-state index contributed by atoms with van der Waals surface area (Å²) in [5.74, 6) is 0.323. The molecule has 1 aliphatic heterocycles. The van der Waals surface area contributed by atoms with Gasteiger partial charge in [0.2, 0.25) is 5.91 Å². The van der Waals surface area contributed by atoms with E-state index in [0.29, 0.717) is 23.3 Å². The average molecular weight is 315 g/mol. The number of carbonyl (C=O) groups is 2. The minimum atomic E-state index is -0.401. The number of rotatable bonds is 2. The van der Waals surface area contributed by atoms with Gasteiger partial charge in [-0.3, -0.25) is 9.59 Å². The number of carbonyl (C=O) groups excluding carboxylic acids is 2. The van der Waals surface area contributed by atoms with Gasteiger partial charge in [-0.2, -0.15) is 0 Å². The maximum absolute atomic E-state index is 12.3. The molecule has 2 fully saturated rings. The fourth-order valence-corrected chi connectivity index (χ4v) is 4.11. The van der Waals surface area contributed by atoms with Gasteiger partial charge in [0.25, 0.3) is 5.91 Å². The Kier molecular flexibility index (Phi) is 2.52. The first-order valence-electron chi connectivity index (χ1n) is 5.43. The van der Waals surface area contributed by atoms with Crippen LogP contribution in [-0.2, 0) is 4.79 Å². The Hall–Kier alpha value is -0.880. The van der Waals surface area contributed by atoms with E-state index in [0.717, 1.165) is 10.9 Å². The Balaban J connectivity index is 1.87. The average Bonchev–Trinajstić information content (AvgIpc) is 2.73. The molecule has 3 rings (SSSR count). The number of primary amides is 1. The molecule has 0 radical (unpaired) electrons. The van der Waals surface area contributed by atoms with Gasteiger partial charge in [-0.1, -0.05) is 0 Å². The first-order valence-corrected chi connectivity index (χ1v) is 7.10. The van der Waals surface area contributed by atoms with E-state index in [1.807, 2.05) is 11.4 Å². The molecule has 1 aromatic heterocycles. The van der Waals surface area contributed by atoms with Gasteiger partial charge in [-0.25, -0.2) is 0 Å². The number of fused-ring (bicyclic) bond motifs is 1. The van der Waals surface area contributed by atoms with E-state index < -0.39 is 6.04 Å². The second-order valence-corrected chi connectivity index (χ2v) is 6.33. The van der Waals surface area contributed by atoms with Crippen molar-refractivity contribution in [3.63, 3.8) is 0 Å². The van der Waals surface area contributed by atoms with E-state index in [4.69, 9.17) is 5.73 Å². The highest BCUT2D eigenvalue weighted by molar-refractivity contribution is 9.10. The number of nitrogens with two attached hydrogens (primary N) is 1. The third-order valence-electron chi connectivity index (χ3n) is 3.51. The molecular weight excluding hydrogens is 304 g/mol. The lowest BCUT2D eigenvalue weighted by atomic mass is 10.1. The van der Waals surface area contributed by atoms with E-state index in [2.05, 4.69) is 15.9 Å². The van der Waals surface area contributed by atoms with Crippen LogP contribution in [0.3, 0.4) is 0 Å². The number of amides is 2. The first kappa shape index (κ1) is 11.2. The van der Waals surface area contributed by atoms with Gasteiger partial charge in [0.05, 0.1) is 0 Å². The quantitative estimate of drug-likeness (QED) is 0.898. The van der Waals surface area contributed by atoms with Crippen LogP contribution >= 0.6 is 27.3 Å². The number of halogens is 1. The topological polar surface area (TPSA) is 63.4 Å². The molecule has 0 bridgehead atoms. The van der Waals surface area contributed by atoms with Crippen LogP contribution in [0.1, 0.15) is 16.1 Å². The van der Waals surface area contributed by atoms with Gasteiger partial charge in [0.1, 0.15) is 10.9 Å². The maximum Gasteiger partial charge on any atom is 0.265 e. The normalized spacial score (nSPS) is 30.2. The number of thiophene rings is 1.